The van der Waals surface area contributed by atoms with Crippen molar-refractivity contribution in [1.29, 1.82) is 0 Å². The van der Waals surface area contributed by atoms with Gasteiger partial charge in [0.05, 0.1) is 33.9 Å². The van der Waals surface area contributed by atoms with Crippen molar-refractivity contribution in [3.05, 3.63) is 144 Å². The van der Waals surface area contributed by atoms with Gasteiger partial charge < -0.3 is 31.3 Å². The fraction of sp³-hybridized carbons (Fsp3) is 0.234. The van der Waals surface area contributed by atoms with E-state index in [4.69, 9.17) is 21.3 Å². The fourth-order valence-electron chi connectivity index (χ4n) is 7.91. The van der Waals surface area contributed by atoms with Crippen LogP contribution in [0.5, 0.6) is 5.75 Å². The number of likely N-dealkylation sites (tertiary alicyclic amines) is 1. The molecule has 9 rings (SSSR count). The molecule has 8 aromatic rings. The number of alkyl halides is 3. The number of imidazole rings is 2. The molecule has 1 atom stereocenters. The average Bonchev–Trinajstić information content (AvgIpc) is 4.17. The monoisotopic (exact) mass is 958 g/mol. The first-order valence-corrected chi connectivity index (χ1v) is 22.3. The number of carbonyl (C=O) groups is 1. The van der Waals surface area contributed by atoms with Gasteiger partial charge in [0.1, 0.15) is 48.3 Å². The molecular weight excluding hydrogens is 913 g/mol. The number of likely N-dealkylation sites (N-methyl/N-ethyl adjacent to an activating group) is 1. The number of aryl methyl sites for hydroxylation is 2. The maximum absolute atomic E-state index is 13.9. The van der Waals surface area contributed by atoms with Crippen molar-refractivity contribution in [1.82, 2.24) is 53.7 Å². The first-order chi connectivity index (χ1) is 33.3. The number of rotatable bonds is 17. The number of halogens is 4. The Labute approximate surface area is 399 Å². The van der Waals surface area contributed by atoms with Crippen LogP contribution in [0.25, 0.3) is 11.6 Å². The second-order valence-electron chi connectivity index (χ2n) is 16.2. The van der Waals surface area contributed by atoms with Crippen molar-refractivity contribution < 1.29 is 22.7 Å². The highest BCUT2D eigenvalue weighted by Crippen LogP contribution is 2.33. The molecule has 0 saturated carbocycles. The Hall–Kier alpha value is -8.04. The van der Waals surface area contributed by atoms with Crippen LogP contribution in [0.4, 0.5) is 59.5 Å². The van der Waals surface area contributed by atoms with E-state index in [9.17, 15) is 18.0 Å². The third kappa shape index (κ3) is 11.1. The van der Waals surface area contributed by atoms with E-state index < -0.39 is 17.6 Å². The van der Waals surface area contributed by atoms with Crippen LogP contribution in [-0.2, 0) is 19.8 Å². The number of aromatic nitrogens is 10. The molecule has 3 aromatic carbocycles. The van der Waals surface area contributed by atoms with Crippen LogP contribution in [0, 0.1) is 6.92 Å². The number of benzene rings is 3. The van der Waals surface area contributed by atoms with Gasteiger partial charge in [0.25, 0.3) is 5.91 Å². The van der Waals surface area contributed by atoms with Gasteiger partial charge in [-0.1, -0.05) is 36.7 Å². The lowest BCUT2D eigenvalue weighted by molar-refractivity contribution is -0.137. The SMILES string of the molecule is CCN1CCCC1CNc1cc(-n2ccnc2Nc2cc(OCc3cn(-c4cc(Nc5cnn(C)c5)ncn4)c(Nc4c(C)cccc4Cl)n3)cc(C(=O)Nc3cccc(C(F)(F)F)c3)c2)ncn1. The zero-order valence-corrected chi connectivity index (χ0v) is 38.3. The lowest BCUT2D eigenvalue weighted by atomic mass is 10.1. The third-order valence-electron chi connectivity index (χ3n) is 11.3. The fourth-order valence-corrected chi connectivity index (χ4v) is 8.18. The van der Waals surface area contributed by atoms with Crippen LogP contribution >= 0.6 is 11.6 Å². The molecule has 0 aliphatic carbocycles. The van der Waals surface area contributed by atoms with Gasteiger partial charge >= 0.3 is 6.18 Å². The summed E-state index contributed by atoms with van der Waals surface area (Å²) < 4.78 is 52.4. The molecule has 22 heteroatoms. The minimum atomic E-state index is -4.61. The number of hydrogen-bond donors (Lipinski definition) is 5. The second kappa shape index (κ2) is 20.1. The number of nitrogens with zero attached hydrogens (tertiary/aromatic N) is 11. The number of carbonyl (C=O) groups excluding carboxylic acids is 1. The number of ether oxygens (including phenoxy) is 1. The molecule has 18 nitrogen and oxygen atoms in total. The molecular formula is C47H46ClF3N16O2. The van der Waals surface area contributed by atoms with E-state index in [1.165, 1.54) is 36.9 Å². The number of amides is 1. The maximum Gasteiger partial charge on any atom is 0.416 e. The molecule has 354 valence electrons. The van der Waals surface area contributed by atoms with E-state index in [-0.39, 0.29) is 23.6 Å². The van der Waals surface area contributed by atoms with E-state index in [1.54, 1.807) is 56.8 Å². The molecule has 0 bridgehead atoms. The van der Waals surface area contributed by atoms with Crippen LogP contribution in [0.3, 0.4) is 0 Å². The molecule has 5 aromatic heterocycles. The highest BCUT2D eigenvalue weighted by atomic mass is 35.5. The van der Waals surface area contributed by atoms with Gasteiger partial charge in [0, 0.05) is 79.6 Å². The summed E-state index contributed by atoms with van der Waals surface area (Å²) in [5.74, 6) is 2.38. The number of nitrogens with one attached hydrogen (secondary N) is 5. The zero-order valence-electron chi connectivity index (χ0n) is 37.5. The molecule has 0 radical (unpaired) electrons. The van der Waals surface area contributed by atoms with Gasteiger partial charge in [-0.3, -0.25) is 23.5 Å². The lowest BCUT2D eigenvalue weighted by Gasteiger charge is -2.23. The molecule has 5 N–H and O–H groups in total. The third-order valence-corrected chi connectivity index (χ3v) is 11.6. The summed E-state index contributed by atoms with van der Waals surface area (Å²) >= 11 is 6.65. The maximum atomic E-state index is 13.9. The minimum Gasteiger partial charge on any atom is -0.487 e. The van der Waals surface area contributed by atoms with Crippen molar-refractivity contribution in [2.45, 2.75) is 45.5 Å². The molecule has 6 heterocycles. The van der Waals surface area contributed by atoms with Crippen LogP contribution in [0.2, 0.25) is 5.02 Å². The molecule has 0 spiro atoms. The number of hydrogen-bond acceptors (Lipinski definition) is 14. The largest absolute Gasteiger partial charge is 0.487 e. The van der Waals surface area contributed by atoms with Gasteiger partial charge in [-0.25, -0.2) is 29.9 Å². The van der Waals surface area contributed by atoms with Gasteiger partial charge in [-0.15, -0.1) is 0 Å². The van der Waals surface area contributed by atoms with Crippen molar-refractivity contribution in [2.75, 3.05) is 46.2 Å². The summed E-state index contributed by atoms with van der Waals surface area (Å²) in [5, 5.41) is 20.6. The highest BCUT2D eigenvalue weighted by Gasteiger charge is 2.30. The van der Waals surface area contributed by atoms with Crippen LogP contribution in [0.1, 0.15) is 46.9 Å². The quantitative estimate of drug-likeness (QED) is 0.0579. The van der Waals surface area contributed by atoms with E-state index in [0.717, 1.165) is 55.9 Å². The summed E-state index contributed by atoms with van der Waals surface area (Å²) in [6.45, 7) is 6.78. The Morgan fingerprint density at radius 2 is 1.65 bits per heavy atom. The Bertz CT molecular complexity index is 3080. The van der Waals surface area contributed by atoms with E-state index in [0.29, 0.717) is 63.3 Å². The number of anilines is 8. The van der Waals surface area contributed by atoms with Crippen LogP contribution in [-0.4, -0.2) is 85.3 Å². The predicted molar refractivity (Wildman–Crippen MR) is 256 cm³/mol. The molecule has 1 fully saturated rings. The molecule has 1 aliphatic rings. The minimum absolute atomic E-state index is 0.0439. The predicted octanol–water partition coefficient (Wildman–Crippen LogP) is 9.31. The van der Waals surface area contributed by atoms with Crippen molar-refractivity contribution in [3.8, 4) is 17.4 Å². The summed E-state index contributed by atoms with van der Waals surface area (Å²) in [7, 11) is 1.81. The zero-order chi connectivity index (χ0) is 48.1. The normalized spacial score (nSPS) is 13.9. The molecule has 1 saturated heterocycles. The summed E-state index contributed by atoms with van der Waals surface area (Å²) in [6.07, 6.45) is 9.09. The van der Waals surface area contributed by atoms with Gasteiger partial charge in [-0.05, 0) is 74.8 Å². The molecule has 69 heavy (non-hydrogen) atoms. The highest BCUT2D eigenvalue weighted by molar-refractivity contribution is 6.33. The summed E-state index contributed by atoms with van der Waals surface area (Å²) in [5.41, 5.74) is 2.19. The second-order valence-corrected chi connectivity index (χ2v) is 16.6. The Kier molecular flexibility index (Phi) is 13.4. The van der Waals surface area contributed by atoms with Crippen molar-refractivity contribution in [3.63, 3.8) is 0 Å². The van der Waals surface area contributed by atoms with Crippen LogP contribution < -0.4 is 31.3 Å². The average molecular weight is 959 g/mol. The molecule has 1 aliphatic heterocycles. The Balaban J connectivity index is 1.01. The van der Waals surface area contributed by atoms with Gasteiger partial charge in [0.2, 0.25) is 11.9 Å². The van der Waals surface area contributed by atoms with E-state index in [2.05, 4.69) is 68.4 Å². The van der Waals surface area contributed by atoms with Crippen molar-refractivity contribution in [2.24, 2.45) is 7.05 Å². The Morgan fingerprint density at radius 1 is 0.855 bits per heavy atom. The first kappa shape index (κ1) is 46.1. The standard InChI is InChI=1S/C47H46ClF3N16O2/c1-4-65-14-7-11-36(65)23-53-39-20-41(56-27-54-39)66-15-13-52-45(66)61-33-16-30(44(68)60-32-10-6-9-31(18-32)47(49,50)51)17-37(19-33)69-26-35-25-67(46(62-35)63-43-29(2)8-5-12-38(43)48)42-21-40(55-28-57-42)59-34-22-58-64(3)24-34/h5-6,8-10,12-13,15-22,24-25,27-28,36H,4,7,11,14,23,26H2,1-3H3,(H,52,61)(H,60,68)(H,62,63)(H,53,54,56)(H,55,57,59). The van der Waals surface area contributed by atoms with E-state index >= 15 is 0 Å². The molecule has 1 amide bonds. The summed E-state index contributed by atoms with van der Waals surface area (Å²) in [6, 6.07) is 18.6. The first-order valence-electron chi connectivity index (χ1n) is 21.9. The van der Waals surface area contributed by atoms with Crippen LogP contribution in [0.15, 0.2) is 116 Å². The molecule has 1 unspecified atom stereocenters. The number of para-hydroxylation sites is 1. The van der Waals surface area contributed by atoms with Gasteiger partial charge in [0.15, 0.2) is 0 Å². The van der Waals surface area contributed by atoms with E-state index in [1.807, 2.05) is 38.4 Å². The summed E-state index contributed by atoms with van der Waals surface area (Å²) in [4.78, 5) is 43.6. The smallest absolute Gasteiger partial charge is 0.416 e. The lowest BCUT2D eigenvalue weighted by Crippen LogP contribution is -2.34. The Morgan fingerprint density at radius 3 is 2.43 bits per heavy atom. The van der Waals surface area contributed by atoms with Gasteiger partial charge in [-0.2, -0.15) is 18.3 Å². The topological polar surface area (TPSA) is 195 Å². The van der Waals surface area contributed by atoms with Crippen molar-refractivity contribution >= 4 is 63.8 Å².